The van der Waals surface area contributed by atoms with Crippen molar-refractivity contribution in [3.63, 3.8) is 0 Å². The van der Waals surface area contributed by atoms with Gasteiger partial charge in [-0.3, -0.25) is 4.79 Å². The first-order valence-corrected chi connectivity index (χ1v) is 5.15. The minimum absolute atomic E-state index is 0.110. The van der Waals surface area contributed by atoms with Gasteiger partial charge in [-0.1, -0.05) is 0 Å². The van der Waals surface area contributed by atoms with Crippen molar-refractivity contribution in [2.24, 2.45) is 0 Å². The van der Waals surface area contributed by atoms with Gasteiger partial charge < -0.3 is 10.0 Å². The van der Waals surface area contributed by atoms with E-state index in [2.05, 4.69) is 0 Å². The molecule has 0 aromatic heterocycles. The van der Waals surface area contributed by atoms with Crippen molar-refractivity contribution < 1.29 is 9.90 Å². The van der Waals surface area contributed by atoms with E-state index in [4.69, 9.17) is 11.6 Å². The number of hydrogen-bond donors (Lipinski definition) is 1. The lowest BCUT2D eigenvalue weighted by atomic mass is 10.1. The van der Waals surface area contributed by atoms with Gasteiger partial charge in [0, 0.05) is 25.4 Å². The van der Waals surface area contributed by atoms with Gasteiger partial charge in [0.15, 0.2) is 0 Å². The number of carbonyl (C=O) groups is 1. The second kappa shape index (κ2) is 4.29. The molecule has 0 aromatic carbocycles. The highest BCUT2D eigenvalue weighted by Gasteiger charge is 2.33. The largest absolute Gasteiger partial charge is 0.388 e. The van der Waals surface area contributed by atoms with Crippen molar-refractivity contribution in [2.45, 2.75) is 31.8 Å². The van der Waals surface area contributed by atoms with E-state index in [1.165, 1.54) is 0 Å². The molecular formula is C9H16ClNO2. The van der Waals surface area contributed by atoms with E-state index < -0.39 is 5.60 Å². The number of nitrogens with zero attached hydrogens (tertiary/aromatic N) is 1. The van der Waals surface area contributed by atoms with Crippen LogP contribution in [0.4, 0.5) is 0 Å². The Kier molecular flexibility index (Phi) is 3.56. The van der Waals surface area contributed by atoms with E-state index in [1.54, 1.807) is 11.8 Å². The van der Waals surface area contributed by atoms with Gasteiger partial charge in [0.1, 0.15) is 0 Å². The normalized spacial score (nSPS) is 28.1. The summed E-state index contributed by atoms with van der Waals surface area (Å²) >= 11 is 5.49. The standard InChI is InChI=1S/C9H16ClNO2/c1-9(13)4-6-11(7-9)8(12)3-2-5-10/h13H,2-7H2,1H3. The average Bonchev–Trinajstić information content (AvgIpc) is 2.42. The molecule has 1 fully saturated rings. The fourth-order valence-electron chi connectivity index (χ4n) is 1.53. The molecule has 76 valence electrons. The molecule has 0 bridgehead atoms. The fraction of sp³-hybridized carbons (Fsp3) is 0.889. The summed E-state index contributed by atoms with van der Waals surface area (Å²) in [7, 11) is 0. The molecular weight excluding hydrogens is 190 g/mol. The number of β-amino-alcohol motifs (C(OH)–C–C–N with tert-alkyl or cyclic N) is 1. The Labute approximate surface area is 83.7 Å². The van der Waals surface area contributed by atoms with Crippen molar-refractivity contribution in [1.29, 1.82) is 0 Å². The molecule has 1 aliphatic rings. The van der Waals surface area contributed by atoms with Gasteiger partial charge in [0.2, 0.25) is 5.91 Å². The quantitative estimate of drug-likeness (QED) is 0.699. The first-order valence-electron chi connectivity index (χ1n) is 4.61. The molecule has 0 spiro atoms. The third-order valence-corrected chi connectivity index (χ3v) is 2.60. The maximum atomic E-state index is 11.4. The van der Waals surface area contributed by atoms with Crippen LogP contribution in [0.3, 0.4) is 0 Å². The van der Waals surface area contributed by atoms with Crippen LogP contribution >= 0.6 is 11.6 Å². The van der Waals surface area contributed by atoms with Gasteiger partial charge in [0.25, 0.3) is 0 Å². The summed E-state index contributed by atoms with van der Waals surface area (Å²) in [6, 6.07) is 0. The van der Waals surface area contributed by atoms with Crippen molar-refractivity contribution in [2.75, 3.05) is 19.0 Å². The lowest BCUT2D eigenvalue weighted by molar-refractivity contribution is -0.131. The number of halogens is 1. The molecule has 3 nitrogen and oxygen atoms in total. The Balaban J connectivity index is 2.33. The Bertz CT molecular complexity index is 194. The fourth-order valence-corrected chi connectivity index (χ4v) is 1.67. The van der Waals surface area contributed by atoms with Gasteiger partial charge >= 0.3 is 0 Å². The van der Waals surface area contributed by atoms with Crippen LogP contribution in [0.25, 0.3) is 0 Å². The molecule has 1 amide bonds. The van der Waals surface area contributed by atoms with Crippen LogP contribution in [0.2, 0.25) is 0 Å². The molecule has 1 N–H and O–H groups in total. The molecule has 13 heavy (non-hydrogen) atoms. The summed E-state index contributed by atoms with van der Waals surface area (Å²) in [4.78, 5) is 13.2. The molecule has 0 aliphatic carbocycles. The Morgan fingerprint density at radius 3 is 2.85 bits per heavy atom. The first kappa shape index (κ1) is 10.8. The van der Waals surface area contributed by atoms with Crippen LogP contribution < -0.4 is 0 Å². The smallest absolute Gasteiger partial charge is 0.222 e. The summed E-state index contributed by atoms with van der Waals surface area (Å²) in [5.41, 5.74) is -0.684. The van der Waals surface area contributed by atoms with Gasteiger partial charge in [-0.25, -0.2) is 0 Å². The van der Waals surface area contributed by atoms with Crippen LogP contribution in [0, 0.1) is 0 Å². The first-order chi connectivity index (χ1) is 6.05. The van der Waals surface area contributed by atoms with Crippen LogP contribution in [0.5, 0.6) is 0 Å². The summed E-state index contributed by atoms with van der Waals surface area (Å²) in [6.07, 6.45) is 1.90. The predicted octanol–water partition coefficient (Wildman–Crippen LogP) is 0.989. The molecule has 4 heteroatoms. The van der Waals surface area contributed by atoms with E-state index in [9.17, 15) is 9.90 Å². The van der Waals surface area contributed by atoms with Crippen molar-refractivity contribution >= 4 is 17.5 Å². The topological polar surface area (TPSA) is 40.5 Å². The van der Waals surface area contributed by atoms with Crippen molar-refractivity contribution in [1.82, 2.24) is 4.90 Å². The zero-order chi connectivity index (χ0) is 9.90. The molecule has 0 radical (unpaired) electrons. The van der Waals surface area contributed by atoms with E-state index in [1.807, 2.05) is 0 Å². The summed E-state index contributed by atoms with van der Waals surface area (Å²) in [5.74, 6) is 0.633. The van der Waals surface area contributed by atoms with Crippen LogP contribution in [-0.2, 0) is 4.79 Å². The molecule has 1 saturated heterocycles. The van der Waals surface area contributed by atoms with Crippen molar-refractivity contribution in [3.8, 4) is 0 Å². The minimum Gasteiger partial charge on any atom is -0.388 e. The number of amides is 1. The summed E-state index contributed by atoms with van der Waals surface area (Å²) in [6.45, 7) is 2.91. The van der Waals surface area contributed by atoms with Gasteiger partial charge in [0.05, 0.1) is 5.60 Å². The zero-order valence-electron chi connectivity index (χ0n) is 7.92. The molecule has 1 heterocycles. The highest BCUT2D eigenvalue weighted by molar-refractivity contribution is 6.17. The lowest BCUT2D eigenvalue weighted by Crippen LogP contribution is -2.33. The third kappa shape index (κ3) is 3.16. The van der Waals surface area contributed by atoms with E-state index in [-0.39, 0.29) is 5.91 Å². The third-order valence-electron chi connectivity index (χ3n) is 2.33. The molecule has 1 aliphatic heterocycles. The Morgan fingerprint density at radius 2 is 2.38 bits per heavy atom. The molecule has 0 aromatic rings. The highest BCUT2D eigenvalue weighted by Crippen LogP contribution is 2.20. The predicted molar refractivity (Wildman–Crippen MR) is 51.8 cm³/mol. The Morgan fingerprint density at radius 1 is 1.69 bits per heavy atom. The number of likely N-dealkylation sites (tertiary alicyclic amines) is 1. The van der Waals surface area contributed by atoms with Crippen LogP contribution in [0.1, 0.15) is 26.2 Å². The Hall–Kier alpha value is -0.280. The lowest BCUT2D eigenvalue weighted by Gasteiger charge is -2.18. The number of carbonyl (C=O) groups excluding carboxylic acids is 1. The second-order valence-corrected chi connectivity index (χ2v) is 4.23. The SMILES string of the molecule is CC1(O)CCN(C(=O)CCCCl)C1. The van der Waals surface area contributed by atoms with E-state index in [0.717, 1.165) is 6.42 Å². The van der Waals surface area contributed by atoms with Gasteiger partial charge in [-0.15, -0.1) is 11.6 Å². The van der Waals surface area contributed by atoms with Gasteiger partial charge in [-0.05, 0) is 19.8 Å². The molecule has 1 unspecified atom stereocenters. The average molecular weight is 206 g/mol. The zero-order valence-corrected chi connectivity index (χ0v) is 8.68. The van der Waals surface area contributed by atoms with Gasteiger partial charge in [-0.2, -0.15) is 0 Å². The van der Waals surface area contributed by atoms with Crippen molar-refractivity contribution in [3.05, 3.63) is 0 Å². The van der Waals surface area contributed by atoms with Crippen LogP contribution in [-0.4, -0.2) is 40.5 Å². The number of alkyl halides is 1. The maximum absolute atomic E-state index is 11.4. The monoisotopic (exact) mass is 205 g/mol. The van der Waals surface area contributed by atoms with Crippen LogP contribution in [0.15, 0.2) is 0 Å². The number of aliphatic hydroxyl groups is 1. The highest BCUT2D eigenvalue weighted by atomic mass is 35.5. The summed E-state index contributed by atoms with van der Waals surface area (Å²) < 4.78 is 0. The van der Waals surface area contributed by atoms with E-state index >= 15 is 0 Å². The molecule has 1 atom stereocenters. The molecule has 1 rings (SSSR count). The second-order valence-electron chi connectivity index (χ2n) is 3.85. The molecule has 0 saturated carbocycles. The maximum Gasteiger partial charge on any atom is 0.222 e. The number of rotatable bonds is 3. The number of hydrogen-bond acceptors (Lipinski definition) is 2. The van der Waals surface area contributed by atoms with E-state index in [0.29, 0.717) is 31.8 Å². The summed E-state index contributed by atoms with van der Waals surface area (Å²) in [5, 5.41) is 9.62. The minimum atomic E-state index is -0.684.